The standard InChI is InChI=1S/C25H30FN5O2/c1-25(26)7-10-30(11-8-25)12-13-33-24-28-21-16-31(9-6-20(21)23(27)29-24)22-15-18(32)14-17-4-2-3-5-19(17)22/h2-5,14-15,32H,6-13,16H2,1H3,(H2,27,28,29). The van der Waals surface area contributed by atoms with E-state index in [1.165, 1.54) is 0 Å². The summed E-state index contributed by atoms with van der Waals surface area (Å²) in [6, 6.07) is 11.9. The average molecular weight is 452 g/mol. The SMILES string of the molecule is CC1(F)CCN(CCOc2nc(N)c3c(n2)CN(c2cc(O)cc4ccccc24)CC3)CC1. The van der Waals surface area contributed by atoms with Gasteiger partial charge in [-0.15, -0.1) is 0 Å². The van der Waals surface area contributed by atoms with Crippen LogP contribution in [0.3, 0.4) is 0 Å². The third-order valence-electron chi connectivity index (χ3n) is 6.78. The number of nitrogens with zero attached hydrogens (tertiary/aromatic N) is 4. The smallest absolute Gasteiger partial charge is 0.318 e. The van der Waals surface area contributed by atoms with Crippen molar-refractivity contribution in [1.82, 2.24) is 14.9 Å². The van der Waals surface area contributed by atoms with Crippen molar-refractivity contribution in [3.05, 3.63) is 47.7 Å². The second-order valence-electron chi connectivity index (χ2n) is 9.28. The molecule has 2 aliphatic rings. The Morgan fingerprint density at radius 1 is 1.15 bits per heavy atom. The number of rotatable bonds is 5. The molecule has 0 spiro atoms. The Bertz CT molecular complexity index is 1160. The first-order chi connectivity index (χ1) is 15.9. The molecule has 1 fully saturated rings. The second-order valence-corrected chi connectivity index (χ2v) is 9.28. The van der Waals surface area contributed by atoms with E-state index in [1.54, 1.807) is 19.1 Å². The number of alkyl halides is 1. The summed E-state index contributed by atoms with van der Waals surface area (Å²) in [7, 11) is 0. The molecule has 1 aromatic heterocycles. The van der Waals surface area contributed by atoms with Crippen molar-refractivity contribution in [3.8, 4) is 11.8 Å². The van der Waals surface area contributed by atoms with E-state index in [0.29, 0.717) is 38.4 Å². The van der Waals surface area contributed by atoms with Crippen LogP contribution in [0.25, 0.3) is 10.8 Å². The number of phenolic OH excluding ortho intramolecular Hbond substituents is 1. The summed E-state index contributed by atoms with van der Waals surface area (Å²) in [5, 5.41) is 12.3. The largest absolute Gasteiger partial charge is 0.508 e. The van der Waals surface area contributed by atoms with Crippen molar-refractivity contribution in [3.63, 3.8) is 0 Å². The van der Waals surface area contributed by atoms with Gasteiger partial charge in [-0.1, -0.05) is 24.3 Å². The van der Waals surface area contributed by atoms with Crippen molar-refractivity contribution in [2.45, 2.75) is 38.4 Å². The molecule has 0 unspecified atom stereocenters. The number of nitrogen functional groups attached to an aromatic ring is 1. The predicted octanol–water partition coefficient (Wildman–Crippen LogP) is 3.68. The van der Waals surface area contributed by atoms with E-state index in [1.807, 2.05) is 18.2 Å². The number of hydrogen-bond donors (Lipinski definition) is 2. The average Bonchev–Trinajstić information content (AvgIpc) is 2.79. The maximum atomic E-state index is 14.0. The molecule has 1 saturated heterocycles. The molecule has 0 radical (unpaired) electrons. The minimum atomic E-state index is -1.06. The highest BCUT2D eigenvalue weighted by Crippen LogP contribution is 2.35. The lowest BCUT2D eigenvalue weighted by Crippen LogP contribution is -2.41. The number of nitrogens with two attached hydrogens (primary N) is 1. The van der Waals surface area contributed by atoms with E-state index in [9.17, 15) is 9.50 Å². The van der Waals surface area contributed by atoms with Gasteiger partial charge < -0.3 is 20.5 Å². The molecule has 33 heavy (non-hydrogen) atoms. The van der Waals surface area contributed by atoms with Gasteiger partial charge in [-0.2, -0.15) is 9.97 Å². The Kier molecular flexibility index (Phi) is 5.70. The molecule has 5 rings (SSSR count). The Balaban J connectivity index is 1.29. The van der Waals surface area contributed by atoms with Crippen LogP contribution in [0, 0.1) is 0 Å². The highest BCUT2D eigenvalue weighted by molar-refractivity contribution is 5.95. The van der Waals surface area contributed by atoms with Crippen LogP contribution in [-0.4, -0.2) is 58.4 Å². The number of hydrogen-bond acceptors (Lipinski definition) is 7. The van der Waals surface area contributed by atoms with Crippen molar-refractivity contribution < 1.29 is 14.2 Å². The minimum absolute atomic E-state index is 0.242. The molecule has 0 amide bonds. The minimum Gasteiger partial charge on any atom is -0.508 e. The number of aromatic hydroxyl groups is 1. The molecule has 0 atom stereocenters. The van der Waals surface area contributed by atoms with Gasteiger partial charge in [0.2, 0.25) is 0 Å². The van der Waals surface area contributed by atoms with Crippen LogP contribution >= 0.6 is 0 Å². The van der Waals surface area contributed by atoms with Crippen LogP contribution < -0.4 is 15.4 Å². The summed E-state index contributed by atoms with van der Waals surface area (Å²) in [5.41, 5.74) is 7.97. The fourth-order valence-electron chi connectivity index (χ4n) is 4.75. The van der Waals surface area contributed by atoms with Gasteiger partial charge in [0, 0.05) is 48.9 Å². The van der Waals surface area contributed by atoms with Crippen LogP contribution in [0.15, 0.2) is 36.4 Å². The second kappa shape index (κ2) is 8.67. The molecule has 0 bridgehead atoms. The monoisotopic (exact) mass is 451 g/mol. The van der Waals surface area contributed by atoms with Crippen LogP contribution in [-0.2, 0) is 13.0 Å². The summed E-state index contributed by atoms with van der Waals surface area (Å²) in [5.74, 6) is 0.702. The maximum Gasteiger partial charge on any atom is 0.318 e. The normalized spacial score (nSPS) is 18.3. The summed E-state index contributed by atoms with van der Waals surface area (Å²) < 4.78 is 19.8. The molecule has 174 valence electrons. The lowest BCUT2D eigenvalue weighted by molar-refractivity contribution is 0.0660. The number of halogens is 1. The van der Waals surface area contributed by atoms with Crippen LogP contribution in [0.2, 0.25) is 0 Å². The van der Waals surface area contributed by atoms with Gasteiger partial charge in [0.25, 0.3) is 0 Å². The van der Waals surface area contributed by atoms with E-state index >= 15 is 0 Å². The number of benzene rings is 2. The zero-order chi connectivity index (χ0) is 23.0. The quantitative estimate of drug-likeness (QED) is 0.612. The molecule has 2 aliphatic heterocycles. The number of piperidine rings is 1. The first-order valence-corrected chi connectivity index (χ1v) is 11.5. The van der Waals surface area contributed by atoms with E-state index < -0.39 is 5.67 Å². The van der Waals surface area contributed by atoms with E-state index in [-0.39, 0.29) is 11.8 Å². The van der Waals surface area contributed by atoms with Gasteiger partial charge in [-0.3, -0.25) is 4.90 Å². The number of aromatic nitrogens is 2. The number of fused-ring (bicyclic) bond motifs is 2. The molecule has 3 heterocycles. The van der Waals surface area contributed by atoms with Gasteiger partial charge in [-0.25, -0.2) is 4.39 Å². The molecular weight excluding hydrogens is 421 g/mol. The van der Waals surface area contributed by atoms with Crippen LogP contribution in [0.1, 0.15) is 31.0 Å². The first-order valence-electron chi connectivity index (χ1n) is 11.5. The van der Waals surface area contributed by atoms with Gasteiger partial charge in [0.05, 0.1) is 12.2 Å². The Morgan fingerprint density at radius 3 is 2.76 bits per heavy atom. The third kappa shape index (κ3) is 4.66. The Labute approximate surface area is 193 Å². The molecule has 3 aromatic rings. The zero-order valence-corrected chi connectivity index (χ0v) is 18.9. The summed E-state index contributed by atoms with van der Waals surface area (Å²) in [6.07, 6.45) is 1.82. The van der Waals surface area contributed by atoms with Gasteiger partial charge in [-0.05, 0) is 37.6 Å². The van der Waals surface area contributed by atoms with E-state index in [2.05, 4.69) is 25.8 Å². The fourth-order valence-corrected chi connectivity index (χ4v) is 4.75. The highest BCUT2D eigenvalue weighted by Gasteiger charge is 2.29. The molecule has 0 saturated carbocycles. The summed E-state index contributed by atoms with van der Waals surface area (Å²) >= 11 is 0. The topological polar surface area (TPSA) is 87.7 Å². The van der Waals surface area contributed by atoms with Gasteiger partial charge in [0.1, 0.15) is 23.8 Å². The lowest BCUT2D eigenvalue weighted by Gasteiger charge is -2.34. The van der Waals surface area contributed by atoms with Gasteiger partial charge >= 0.3 is 6.01 Å². The number of anilines is 2. The Morgan fingerprint density at radius 2 is 1.94 bits per heavy atom. The molecular formula is C25H30FN5O2. The summed E-state index contributed by atoms with van der Waals surface area (Å²) in [6.45, 7) is 5.60. The van der Waals surface area contributed by atoms with Crippen molar-refractivity contribution in [1.29, 1.82) is 0 Å². The van der Waals surface area contributed by atoms with Crippen molar-refractivity contribution in [2.24, 2.45) is 0 Å². The van der Waals surface area contributed by atoms with Gasteiger partial charge in [0.15, 0.2) is 0 Å². The van der Waals surface area contributed by atoms with Crippen molar-refractivity contribution in [2.75, 3.05) is 43.4 Å². The number of phenols is 1. The molecule has 8 heteroatoms. The molecule has 2 aromatic carbocycles. The molecule has 7 nitrogen and oxygen atoms in total. The maximum absolute atomic E-state index is 14.0. The van der Waals surface area contributed by atoms with Crippen LogP contribution in [0.4, 0.5) is 15.9 Å². The number of likely N-dealkylation sites (tertiary alicyclic amines) is 1. The van der Waals surface area contributed by atoms with E-state index in [0.717, 1.165) is 53.8 Å². The molecule has 0 aliphatic carbocycles. The molecule has 3 N–H and O–H groups in total. The lowest BCUT2D eigenvalue weighted by atomic mass is 9.96. The van der Waals surface area contributed by atoms with E-state index in [4.69, 9.17) is 10.5 Å². The van der Waals surface area contributed by atoms with Crippen molar-refractivity contribution >= 4 is 22.3 Å². The fraction of sp³-hybridized carbons (Fsp3) is 0.440. The summed E-state index contributed by atoms with van der Waals surface area (Å²) in [4.78, 5) is 13.4. The zero-order valence-electron chi connectivity index (χ0n) is 18.9. The third-order valence-corrected chi connectivity index (χ3v) is 6.78. The Hall–Kier alpha value is -3.13. The highest BCUT2D eigenvalue weighted by atomic mass is 19.1. The first kappa shape index (κ1) is 21.7. The van der Waals surface area contributed by atoms with Crippen LogP contribution in [0.5, 0.6) is 11.8 Å². The predicted molar refractivity (Wildman–Crippen MR) is 127 cm³/mol. The number of ether oxygens (including phenoxy) is 1.